The van der Waals surface area contributed by atoms with E-state index in [0.717, 1.165) is 11.3 Å². The Morgan fingerprint density at radius 3 is 2.82 bits per heavy atom. The highest BCUT2D eigenvalue weighted by Gasteiger charge is 2.18. The average Bonchev–Trinajstić information content (AvgIpc) is 3.33. The number of hydrogen-bond acceptors (Lipinski definition) is 7. The van der Waals surface area contributed by atoms with Crippen molar-refractivity contribution >= 4 is 34.0 Å². The van der Waals surface area contributed by atoms with Gasteiger partial charge in [-0.25, -0.2) is 19.3 Å². The van der Waals surface area contributed by atoms with Gasteiger partial charge in [0, 0.05) is 24.1 Å². The lowest BCUT2D eigenvalue weighted by molar-refractivity contribution is -0.114. The molecule has 4 aromatic rings. The molecule has 0 unspecified atom stereocenters. The Labute approximate surface area is 163 Å². The van der Waals surface area contributed by atoms with E-state index in [9.17, 15) is 9.59 Å². The van der Waals surface area contributed by atoms with E-state index in [0.29, 0.717) is 16.5 Å². The van der Waals surface area contributed by atoms with Crippen LogP contribution in [0.4, 0.5) is 5.13 Å². The zero-order valence-corrected chi connectivity index (χ0v) is 15.6. The molecule has 0 atom stereocenters. The van der Waals surface area contributed by atoms with Gasteiger partial charge in [0.15, 0.2) is 10.8 Å². The number of carbonyl (C=O) groups excluding carboxylic acids is 2. The second-order valence-corrected chi connectivity index (χ2v) is 6.75. The first-order valence-electron chi connectivity index (χ1n) is 8.39. The summed E-state index contributed by atoms with van der Waals surface area (Å²) in [5, 5.41) is 9.08. The topological polar surface area (TPSA) is 98.5 Å². The number of amides is 1. The van der Waals surface area contributed by atoms with Crippen molar-refractivity contribution in [3.63, 3.8) is 0 Å². The van der Waals surface area contributed by atoms with Gasteiger partial charge in [0.2, 0.25) is 5.91 Å². The minimum absolute atomic E-state index is 0.00929. The van der Waals surface area contributed by atoms with Crippen LogP contribution in [0.25, 0.3) is 16.9 Å². The molecule has 4 rings (SSSR count). The minimum Gasteiger partial charge on any atom is -0.455 e. The van der Waals surface area contributed by atoms with E-state index in [1.165, 1.54) is 24.5 Å². The Bertz CT molecular complexity index is 1150. The van der Waals surface area contributed by atoms with Crippen molar-refractivity contribution in [1.29, 1.82) is 0 Å². The molecule has 0 aliphatic rings. The van der Waals surface area contributed by atoms with Gasteiger partial charge < -0.3 is 10.1 Å². The molecule has 0 fully saturated rings. The van der Waals surface area contributed by atoms with Crippen molar-refractivity contribution in [3.05, 3.63) is 65.4 Å². The second kappa shape index (κ2) is 7.57. The van der Waals surface area contributed by atoms with Crippen LogP contribution in [0.5, 0.6) is 0 Å². The molecule has 3 aromatic heterocycles. The lowest BCUT2D eigenvalue weighted by atomic mass is 10.1. The third-order valence-corrected chi connectivity index (χ3v) is 4.68. The molecule has 9 heteroatoms. The van der Waals surface area contributed by atoms with E-state index >= 15 is 0 Å². The first kappa shape index (κ1) is 17.8. The van der Waals surface area contributed by atoms with E-state index < -0.39 is 5.97 Å². The van der Waals surface area contributed by atoms with Gasteiger partial charge >= 0.3 is 5.97 Å². The molecule has 0 saturated carbocycles. The highest BCUT2D eigenvalue weighted by molar-refractivity contribution is 7.13. The fraction of sp³-hybridized carbons (Fsp3) is 0.105. The Morgan fingerprint density at radius 1 is 1.21 bits per heavy atom. The number of benzene rings is 1. The van der Waals surface area contributed by atoms with Crippen LogP contribution in [0, 0.1) is 0 Å². The molecule has 1 amide bonds. The number of carbonyl (C=O) groups is 2. The summed E-state index contributed by atoms with van der Waals surface area (Å²) < 4.78 is 6.96. The van der Waals surface area contributed by atoms with E-state index in [1.807, 2.05) is 36.4 Å². The predicted octanol–water partition coefficient (Wildman–Crippen LogP) is 3.17. The van der Waals surface area contributed by atoms with E-state index in [4.69, 9.17) is 4.74 Å². The quantitative estimate of drug-likeness (QED) is 0.523. The SMILES string of the molecule is CC(=O)Nc1nc(COC(=O)c2cnn3c(-c4ccccc4)ccnc23)cs1. The maximum atomic E-state index is 12.5. The number of nitrogens with zero attached hydrogens (tertiary/aromatic N) is 4. The molecule has 1 aromatic carbocycles. The van der Waals surface area contributed by atoms with Gasteiger partial charge in [-0.3, -0.25) is 4.79 Å². The zero-order chi connectivity index (χ0) is 19.5. The number of anilines is 1. The summed E-state index contributed by atoms with van der Waals surface area (Å²) in [4.78, 5) is 32.0. The largest absolute Gasteiger partial charge is 0.455 e. The molecule has 140 valence electrons. The van der Waals surface area contributed by atoms with Crippen molar-refractivity contribution in [2.45, 2.75) is 13.5 Å². The monoisotopic (exact) mass is 393 g/mol. The summed E-state index contributed by atoms with van der Waals surface area (Å²) in [5.74, 6) is -0.744. The van der Waals surface area contributed by atoms with Crippen LogP contribution in [0.15, 0.2) is 54.2 Å². The van der Waals surface area contributed by atoms with Gasteiger partial charge in [-0.15, -0.1) is 11.3 Å². The number of thiazole rings is 1. The number of fused-ring (bicyclic) bond motifs is 1. The molecule has 3 heterocycles. The molecular formula is C19H15N5O3S. The van der Waals surface area contributed by atoms with Crippen molar-refractivity contribution in [3.8, 4) is 11.3 Å². The van der Waals surface area contributed by atoms with Crippen molar-refractivity contribution < 1.29 is 14.3 Å². The molecule has 8 nitrogen and oxygen atoms in total. The number of aromatic nitrogens is 4. The van der Waals surface area contributed by atoms with E-state index in [2.05, 4.69) is 20.4 Å². The second-order valence-electron chi connectivity index (χ2n) is 5.89. The van der Waals surface area contributed by atoms with Crippen LogP contribution in [-0.4, -0.2) is 31.5 Å². The summed E-state index contributed by atoms with van der Waals surface area (Å²) in [6.07, 6.45) is 3.08. The number of nitrogens with one attached hydrogen (secondary N) is 1. The van der Waals surface area contributed by atoms with Crippen molar-refractivity contribution in [2.24, 2.45) is 0 Å². The lowest BCUT2D eigenvalue weighted by Gasteiger charge is -2.05. The Kier molecular flexibility index (Phi) is 4.81. The highest BCUT2D eigenvalue weighted by Crippen LogP contribution is 2.21. The number of esters is 1. The third-order valence-electron chi connectivity index (χ3n) is 3.88. The molecule has 1 N–H and O–H groups in total. The van der Waals surface area contributed by atoms with E-state index in [-0.39, 0.29) is 18.1 Å². The summed E-state index contributed by atoms with van der Waals surface area (Å²) in [5.41, 5.74) is 3.03. The van der Waals surface area contributed by atoms with Crippen molar-refractivity contribution in [2.75, 3.05) is 5.32 Å². The van der Waals surface area contributed by atoms with Crippen LogP contribution >= 0.6 is 11.3 Å². The first-order valence-corrected chi connectivity index (χ1v) is 9.27. The number of rotatable bonds is 5. The molecule has 0 aliphatic carbocycles. The Hall–Kier alpha value is -3.59. The van der Waals surface area contributed by atoms with E-state index in [1.54, 1.807) is 16.1 Å². The standard InChI is InChI=1S/C19H15N5O3S/c1-12(25)22-19-23-14(11-28-19)10-27-18(26)15-9-21-24-16(7-8-20-17(15)24)13-5-3-2-4-6-13/h2-9,11H,10H2,1H3,(H,22,23,25). The van der Waals surface area contributed by atoms with Gasteiger partial charge in [0.05, 0.1) is 17.6 Å². The Balaban J connectivity index is 1.54. The highest BCUT2D eigenvalue weighted by atomic mass is 32.1. The van der Waals surface area contributed by atoms with Crippen LogP contribution in [-0.2, 0) is 16.1 Å². The fourth-order valence-corrected chi connectivity index (χ4v) is 3.40. The first-order chi connectivity index (χ1) is 13.6. The molecule has 0 spiro atoms. The maximum Gasteiger partial charge on any atom is 0.344 e. The predicted molar refractivity (Wildman–Crippen MR) is 104 cm³/mol. The normalized spacial score (nSPS) is 10.8. The van der Waals surface area contributed by atoms with Crippen LogP contribution in [0.3, 0.4) is 0 Å². The van der Waals surface area contributed by atoms with Gasteiger partial charge in [-0.2, -0.15) is 5.10 Å². The smallest absolute Gasteiger partial charge is 0.344 e. The van der Waals surface area contributed by atoms with Crippen LogP contribution in [0.2, 0.25) is 0 Å². The molecule has 0 saturated heterocycles. The summed E-state index contributed by atoms with van der Waals surface area (Å²) in [6.45, 7) is 1.40. The van der Waals surface area contributed by atoms with Gasteiger partial charge in [0.1, 0.15) is 12.2 Å². The summed E-state index contributed by atoms with van der Waals surface area (Å²) >= 11 is 1.27. The third kappa shape index (κ3) is 3.60. The summed E-state index contributed by atoms with van der Waals surface area (Å²) in [7, 11) is 0. The Morgan fingerprint density at radius 2 is 2.04 bits per heavy atom. The van der Waals surface area contributed by atoms with Crippen molar-refractivity contribution in [1.82, 2.24) is 19.6 Å². The van der Waals surface area contributed by atoms with Gasteiger partial charge in [-0.05, 0) is 6.07 Å². The maximum absolute atomic E-state index is 12.5. The molecule has 0 radical (unpaired) electrons. The molecule has 28 heavy (non-hydrogen) atoms. The number of ether oxygens (including phenoxy) is 1. The minimum atomic E-state index is -0.540. The van der Waals surface area contributed by atoms with Crippen LogP contribution in [0.1, 0.15) is 23.0 Å². The summed E-state index contributed by atoms with van der Waals surface area (Å²) in [6, 6.07) is 11.6. The molecular weight excluding hydrogens is 378 g/mol. The molecule has 0 bridgehead atoms. The molecule has 0 aliphatic heterocycles. The van der Waals surface area contributed by atoms with Gasteiger partial charge in [-0.1, -0.05) is 30.3 Å². The lowest BCUT2D eigenvalue weighted by Crippen LogP contribution is -2.07. The van der Waals surface area contributed by atoms with Gasteiger partial charge in [0.25, 0.3) is 0 Å². The average molecular weight is 393 g/mol. The number of hydrogen-bond donors (Lipinski definition) is 1. The fourth-order valence-electron chi connectivity index (χ4n) is 2.66. The zero-order valence-electron chi connectivity index (χ0n) is 14.8. The van der Waals surface area contributed by atoms with Crippen LogP contribution < -0.4 is 5.32 Å².